The average Bonchev–Trinajstić information content (AvgIpc) is 3.07. The third-order valence-corrected chi connectivity index (χ3v) is 5.31. The van der Waals surface area contributed by atoms with Gasteiger partial charge in [-0.25, -0.2) is 0 Å². The molecule has 0 saturated carbocycles. The molecule has 2 aliphatic rings. The van der Waals surface area contributed by atoms with E-state index in [1.54, 1.807) is 7.11 Å². The molecule has 2 heterocycles. The smallest absolute Gasteiger partial charge is 0.225 e. The largest absolute Gasteiger partial charge is 0.496 e. The highest BCUT2D eigenvalue weighted by molar-refractivity contribution is 5.89. The van der Waals surface area contributed by atoms with E-state index in [-0.39, 0.29) is 17.7 Å². The van der Waals surface area contributed by atoms with Crippen LogP contribution in [-0.4, -0.2) is 74.7 Å². The van der Waals surface area contributed by atoms with Gasteiger partial charge in [-0.2, -0.15) is 0 Å². The zero-order valence-corrected chi connectivity index (χ0v) is 16.2. The Hall–Kier alpha value is -2.12. The van der Waals surface area contributed by atoms with Crippen molar-refractivity contribution in [1.29, 1.82) is 0 Å². The number of likely N-dealkylation sites (tertiary alicyclic amines) is 1. The molecule has 148 valence electrons. The lowest BCUT2D eigenvalue weighted by atomic mass is 10.1. The van der Waals surface area contributed by atoms with Crippen LogP contribution in [0.4, 0.5) is 0 Å². The van der Waals surface area contributed by atoms with Gasteiger partial charge in [-0.1, -0.05) is 12.1 Å². The van der Waals surface area contributed by atoms with Crippen LogP contribution in [0.25, 0.3) is 0 Å². The molecule has 7 nitrogen and oxygen atoms in total. The molecule has 0 spiro atoms. The van der Waals surface area contributed by atoms with Crippen LogP contribution in [-0.2, 0) is 20.9 Å². The van der Waals surface area contributed by atoms with Gasteiger partial charge in [-0.05, 0) is 24.1 Å². The first-order chi connectivity index (χ1) is 13.1. The van der Waals surface area contributed by atoms with Crippen LogP contribution < -0.4 is 10.1 Å². The summed E-state index contributed by atoms with van der Waals surface area (Å²) in [4.78, 5) is 28.8. The monoisotopic (exact) mass is 375 g/mol. The lowest BCUT2D eigenvalue weighted by Gasteiger charge is -2.28. The number of ether oxygens (including phenoxy) is 2. The summed E-state index contributed by atoms with van der Waals surface area (Å²) in [5.41, 5.74) is 2.05. The van der Waals surface area contributed by atoms with Crippen LogP contribution in [0, 0.1) is 12.8 Å². The van der Waals surface area contributed by atoms with Gasteiger partial charge in [0.25, 0.3) is 0 Å². The van der Waals surface area contributed by atoms with Crippen molar-refractivity contribution in [2.45, 2.75) is 19.9 Å². The molecule has 1 aromatic carbocycles. The Morgan fingerprint density at radius 3 is 2.81 bits per heavy atom. The van der Waals surface area contributed by atoms with Crippen LogP contribution >= 0.6 is 0 Å². The van der Waals surface area contributed by atoms with E-state index in [9.17, 15) is 9.59 Å². The highest BCUT2D eigenvalue weighted by Gasteiger charge is 2.34. The van der Waals surface area contributed by atoms with Crippen molar-refractivity contribution in [3.8, 4) is 5.75 Å². The number of methoxy groups -OCH3 is 1. The number of rotatable bonds is 7. The molecule has 2 aliphatic heterocycles. The molecule has 1 aromatic rings. The normalized spacial score (nSPS) is 20.7. The number of amides is 2. The highest BCUT2D eigenvalue weighted by Crippen LogP contribution is 2.20. The summed E-state index contributed by atoms with van der Waals surface area (Å²) in [6, 6.07) is 5.89. The number of nitrogens with zero attached hydrogens (tertiary/aromatic N) is 2. The minimum absolute atomic E-state index is 0.0586. The second-order valence-corrected chi connectivity index (χ2v) is 7.22. The van der Waals surface area contributed by atoms with Crippen molar-refractivity contribution in [2.75, 3.05) is 53.0 Å². The number of aryl methyl sites for hydroxylation is 1. The minimum Gasteiger partial charge on any atom is -0.496 e. The molecule has 1 atom stereocenters. The third-order valence-electron chi connectivity index (χ3n) is 5.31. The van der Waals surface area contributed by atoms with Gasteiger partial charge in [-0.3, -0.25) is 14.5 Å². The van der Waals surface area contributed by atoms with Crippen LogP contribution in [0.1, 0.15) is 17.5 Å². The van der Waals surface area contributed by atoms with Gasteiger partial charge in [0.15, 0.2) is 0 Å². The summed E-state index contributed by atoms with van der Waals surface area (Å²) in [7, 11) is 1.64. The molecule has 2 saturated heterocycles. The zero-order valence-electron chi connectivity index (χ0n) is 16.2. The topological polar surface area (TPSA) is 71.1 Å². The fourth-order valence-corrected chi connectivity index (χ4v) is 3.56. The Kier molecular flexibility index (Phi) is 6.68. The van der Waals surface area contributed by atoms with Crippen LogP contribution in [0.2, 0.25) is 0 Å². The number of carbonyl (C=O) groups is 2. The number of hydrogen-bond acceptors (Lipinski definition) is 5. The van der Waals surface area contributed by atoms with Gasteiger partial charge >= 0.3 is 0 Å². The molecule has 1 N–H and O–H groups in total. The Bertz CT molecular complexity index is 673. The number of carbonyl (C=O) groups excluding carboxylic acids is 2. The fourth-order valence-electron chi connectivity index (χ4n) is 3.56. The quantitative estimate of drug-likeness (QED) is 0.763. The summed E-state index contributed by atoms with van der Waals surface area (Å²) >= 11 is 0. The van der Waals surface area contributed by atoms with Gasteiger partial charge in [0.2, 0.25) is 11.8 Å². The molecular formula is C20H29N3O4. The SMILES string of the molecule is COc1cc(CNC(=O)[C@@H]2CC(=O)N(CCN3CCOCC3)C2)ccc1C. The fraction of sp³-hybridized carbons (Fsp3) is 0.600. The molecule has 0 unspecified atom stereocenters. The summed E-state index contributed by atoms with van der Waals surface area (Å²) in [6.45, 7) is 7.77. The maximum absolute atomic E-state index is 12.5. The number of hydrogen-bond donors (Lipinski definition) is 1. The number of benzene rings is 1. The van der Waals surface area contributed by atoms with E-state index >= 15 is 0 Å². The maximum atomic E-state index is 12.5. The van der Waals surface area contributed by atoms with Gasteiger partial charge in [0.1, 0.15) is 5.75 Å². The van der Waals surface area contributed by atoms with E-state index in [0.29, 0.717) is 26.1 Å². The first kappa shape index (κ1) is 19.6. The second-order valence-electron chi connectivity index (χ2n) is 7.22. The molecule has 7 heteroatoms. The van der Waals surface area contributed by atoms with Crippen molar-refractivity contribution in [2.24, 2.45) is 5.92 Å². The minimum atomic E-state index is -0.269. The van der Waals surface area contributed by atoms with E-state index in [2.05, 4.69) is 10.2 Å². The Labute approximate surface area is 160 Å². The summed E-state index contributed by atoms with van der Waals surface area (Å²) in [6.07, 6.45) is 0.298. The first-order valence-corrected chi connectivity index (χ1v) is 9.56. The molecule has 0 aromatic heterocycles. The summed E-state index contributed by atoms with van der Waals surface area (Å²) in [5.74, 6) is 0.554. The van der Waals surface area contributed by atoms with E-state index in [1.165, 1.54) is 0 Å². The Morgan fingerprint density at radius 2 is 2.07 bits per heavy atom. The molecule has 2 fully saturated rings. The van der Waals surface area contributed by atoms with Crippen LogP contribution in [0.15, 0.2) is 18.2 Å². The highest BCUT2D eigenvalue weighted by atomic mass is 16.5. The predicted octanol–water partition coefficient (Wildman–Crippen LogP) is 0.801. The molecule has 3 rings (SSSR count). The third kappa shape index (κ3) is 5.20. The van der Waals surface area contributed by atoms with E-state index in [4.69, 9.17) is 9.47 Å². The molecule has 0 bridgehead atoms. The van der Waals surface area contributed by atoms with Gasteiger partial charge < -0.3 is 19.7 Å². The zero-order chi connectivity index (χ0) is 19.2. The lowest BCUT2D eigenvalue weighted by molar-refractivity contribution is -0.129. The Balaban J connectivity index is 1.45. The van der Waals surface area contributed by atoms with Gasteiger partial charge in [-0.15, -0.1) is 0 Å². The summed E-state index contributed by atoms with van der Waals surface area (Å²) in [5, 5.41) is 2.96. The summed E-state index contributed by atoms with van der Waals surface area (Å²) < 4.78 is 10.7. The van der Waals surface area contributed by atoms with Gasteiger partial charge in [0.05, 0.1) is 26.2 Å². The maximum Gasteiger partial charge on any atom is 0.225 e. The molecule has 2 amide bonds. The van der Waals surface area contributed by atoms with Gasteiger partial charge in [0, 0.05) is 45.7 Å². The van der Waals surface area contributed by atoms with E-state index in [0.717, 1.165) is 49.7 Å². The number of nitrogens with one attached hydrogen (secondary N) is 1. The molecule has 0 aliphatic carbocycles. The lowest BCUT2D eigenvalue weighted by Crippen LogP contribution is -2.42. The Morgan fingerprint density at radius 1 is 1.30 bits per heavy atom. The standard InChI is InChI=1S/C20H29N3O4/c1-15-3-4-16(11-18(15)26-2)13-21-20(25)17-12-19(24)23(14-17)6-5-22-7-9-27-10-8-22/h3-4,11,17H,5-10,12-14H2,1-2H3,(H,21,25)/t17-/m1/s1. The average molecular weight is 375 g/mol. The van der Waals surface area contributed by atoms with Crippen molar-refractivity contribution < 1.29 is 19.1 Å². The van der Waals surface area contributed by atoms with Crippen molar-refractivity contribution in [1.82, 2.24) is 15.1 Å². The molecule has 27 heavy (non-hydrogen) atoms. The van der Waals surface area contributed by atoms with Crippen molar-refractivity contribution >= 4 is 11.8 Å². The predicted molar refractivity (Wildman–Crippen MR) is 102 cm³/mol. The second kappa shape index (κ2) is 9.19. The number of morpholine rings is 1. The van der Waals surface area contributed by atoms with Crippen LogP contribution in [0.5, 0.6) is 5.75 Å². The van der Waals surface area contributed by atoms with Crippen molar-refractivity contribution in [3.63, 3.8) is 0 Å². The first-order valence-electron chi connectivity index (χ1n) is 9.56. The van der Waals surface area contributed by atoms with E-state index < -0.39 is 0 Å². The molecular weight excluding hydrogens is 346 g/mol. The van der Waals surface area contributed by atoms with E-state index in [1.807, 2.05) is 30.0 Å². The molecule has 0 radical (unpaired) electrons. The van der Waals surface area contributed by atoms with Crippen LogP contribution in [0.3, 0.4) is 0 Å². The van der Waals surface area contributed by atoms with Crippen molar-refractivity contribution in [3.05, 3.63) is 29.3 Å².